The zero-order valence-corrected chi connectivity index (χ0v) is 17.5. The molecule has 0 fully saturated rings. The van der Waals surface area contributed by atoms with Crippen LogP contribution in [0, 0.1) is 6.92 Å². The zero-order valence-electron chi connectivity index (χ0n) is 16.7. The molecule has 30 heavy (non-hydrogen) atoms. The molecule has 4 aromatic rings. The first-order valence-electron chi connectivity index (χ1n) is 9.23. The zero-order chi connectivity index (χ0) is 21.3. The van der Waals surface area contributed by atoms with Gasteiger partial charge in [-0.25, -0.2) is 4.98 Å². The van der Waals surface area contributed by atoms with Crippen LogP contribution in [-0.4, -0.2) is 30.2 Å². The number of hydrogen-bond donors (Lipinski definition) is 2. The lowest BCUT2D eigenvalue weighted by molar-refractivity contribution is 0.102. The fourth-order valence-corrected chi connectivity index (χ4v) is 4.17. The maximum atomic E-state index is 12.8. The van der Waals surface area contributed by atoms with Gasteiger partial charge in [-0.3, -0.25) is 4.79 Å². The molecule has 0 aliphatic rings. The molecular formula is C23H20N2O4S. The highest BCUT2D eigenvalue weighted by Gasteiger charge is 2.16. The fourth-order valence-electron chi connectivity index (χ4n) is 3.18. The molecule has 4 rings (SSSR count). The van der Waals surface area contributed by atoms with Crippen LogP contribution < -0.4 is 14.8 Å². The van der Waals surface area contributed by atoms with Crippen LogP contribution in [0.5, 0.6) is 17.2 Å². The van der Waals surface area contributed by atoms with Gasteiger partial charge in [-0.2, -0.15) is 0 Å². The summed E-state index contributed by atoms with van der Waals surface area (Å²) in [6.07, 6.45) is 0. The minimum absolute atomic E-state index is 0.151. The Morgan fingerprint density at radius 1 is 1.03 bits per heavy atom. The number of aromatic hydroxyl groups is 1. The summed E-state index contributed by atoms with van der Waals surface area (Å²) in [5.74, 6) is 0.879. The normalized spacial score (nSPS) is 10.8. The van der Waals surface area contributed by atoms with Gasteiger partial charge in [-0.05, 0) is 55.0 Å². The second kappa shape index (κ2) is 8.04. The molecule has 0 aliphatic carbocycles. The predicted molar refractivity (Wildman–Crippen MR) is 119 cm³/mol. The predicted octanol–water partition coefficient (Wildman–Crippen LogP) is 5.25. The lowest BCUT2D eigenvalue weighted by Gasteiger charge is -2.12. The minimum Gasteiger partial charge on any atom is -0.507 e. The van der Waals surface area contributed by atoms with Crippen LogP contribution in [0.4, 0.5) is 5.69 Å². The summed E-state index contributed by atoms with van der Waals surface area (Å²) < 4.78 is 11.5. The number of nitrogens with zero attached hydrogens (tertiary/aromatic N) is 1. The van der Waals surface area contributed by atoms with Gasteiger partial charge in [0.25, 0.3) is 5.91 Å². The first kappa shape index (κ1) is 19.7. The molecule has 0 bridgehead atoms. The number of aromatic nitrogens is 1. The number of benzene rings is 3. The Labute approximate surface area is 177 Å². The summed E-state index contributed by atoms with van der Waals surface area (Å²) in [4.78, 5) is 17.4. The number of aryl methyl sites for hydroxylation is 1. The first-order valence-corrected chi connectivity index (χ1v) is 10.0. The number of ether oxygens (including phenoxy) is 2. The summed E-state index contributed by atoms with van der Waals surface area (Å²) in [5, 5.41) is 14.2. The third-order valence-electron chi connectivity index (χ3n) is 4.73. The number of methoxy groups -OCH3 is 2. The molecule has 1 amide bonds. The van der Waals surface area contributed by atoms with Crippen LogP contribution in [0.1, 0.15) is 15.9 Å². The minimum atomic E-state index is -0.295. The SMILES string of the molecule is COc1ccc(C(=O)Nc2cc(C)c(O)c(-c3nc4ccccc4s3)c2)cc1OC. The number of para-hydroxylation sites is 1. The quantitative estimate of drug-likeness (QED) is 0.431. The Hall–Kier alpha value is -3.58. The van der Waals surface area contributed by atoms with Gasteiger partial charge in [0.2, 0.25) is 0 Å². The lowest BCUT2D eigenvalue weighted by Crippen LogP contribution is -2.12. The number of hydrogen-bond acceptors (Lipinski definition) is 6. The second-order valence-corrected chi connectivity index (χ2v) is 7.73. The molecular weight excluding hydrogens is 400 g/mol. The van der Waals surface area contributed by atoms with Gasteiger partial charge in [0.15, 0.2) is 11.5 Å². The van der Waals surface area contributed by atoms with Crippen LogP contribution in [0.15, 0.2) is 54.6 Å². The van der Waals surface area contributed by atoms with Gasteiger partial charge in [-0.1, -0.05) is 12.1 Å². The number of thiazole rings is 1. The Morgan fingerprint density at radius 3 is 2.53 bits per heavy atom. The molecule has 0 saturated heterocycles. The van der Waals surface area contributed by atoms with Crippen molar-refractivity contribution in [2.45, 2.75) is 6.92 Å². The summed E-state index contributed by atoms with van der Waals surface area (Å²) >= 11 is 1.49. The van der Waals surface area contributed by atoms with E-state index in [0.717, 1.165) is 10.2 Å². The number of phenolic OH excluding ortho intramolecular Hbond substituents is 1. The van der Waals surface area contributed by atoms with Gasteiger partial charge < -0.3 is 19.9 Å². The van der Waals surface area contributed by atoms with Gasteiger partial charge in [0.05, 0.1) is 30.0 Å². The van der Waals surface area contributed by atoms with Crippen LogP contribution in [0.3, 0.4) is 0 Å². The summed E-state index contributed by atoms with van der Waals surface area (Å²) in [6.45, 7) is 1.79. The summed E-state index contributed by atoms with van der Waals surface area (Å²) in [6, 6.07) is 16.2. The molecule has 0 unspecified atom stereocenters. The fraction of sp³-hybridized carbons (Fsp3) is 0.130. The number of phenols is 1. The Kier molecular flexibility index (Phi) is 5.29. The van der Waals surface area contributed by atoms with E-state index in [1.165, 1.54) is 18.4 Å². The van der Waals surface area contributed by atoms with Crippen molar-refractivity contribution in [3.63, 3.8) is 0 Å². The largest absolute Gasteiger partial charge is 0.507 e. The van der Waals surface area contributed by atoms with Crippen LogP contribution >= 0.6 is 11.3 Å². The number of fused-ring (bicyclic) bond motifs is 1. The molecule has 3 aromatic carbocycles. The van der Waals surface area contributed by atoms with E-state index in [4.69, 9.17) is 9.47 Å². The molecule has 2 N–H and O–H groups in total. The molecule has 6 nitrogen and oxygen atoms in total. The van der Waals surface area contributed by atoms with Crippen molar-refractivity contribution >= 4 is 33.1 Å². The van der Waals surface area contributed by atoms with Gasteiger partial charge in [0, 0.05) is 11.3 Å². The van der Waals surface area contributed by atoms with E-state index in [9.17, 15) is 9.90 Å². The van der Waals surface area contributed by atoms with Crippen molar-refractivity contribution in [2.75, 3.05) is 19.5 Å². The Bertz CT molecular complexity index is 1220. The summed E-state index contributed by atoms with van der Waals surface area (Å²) in [7, 11) is 3.06. The van der Waals surface area contributed by atoms with Crippen molar-refractivity contribution < 1.29 is 19.4 Å². The highest BCUT2D eigenvalue weighted by molar-refractivity contribution is 7.21. The van der Waals surface area contributed by atoms with Gasteiger partial charge in [0.1, 0.15) is 10.8 Å². The van der Waals surface area contributed by atoms with E-state index in [2.05, 4.69) is 10.3 Å². The highest BCUT2D eigenvalue weighted by Crippen LogP contribution is 2.39. The maximum Gasteiger partial charge on any atom is 0.255 e. The monoisotopic (exact) mass is 420 g/mol. The number of nitrogens with one attached hydrogen (secondary N) is 1. The maximum absolute atomic E-state index is 12.8. The molecule has 1 aromatic heterocycles. The highest BCUT2D eigenvalue weighted by atomic mass is 32.1. The average molecular weight is 420 g/mol. The lowest BCUT2D eigenvalue weighted by atomic mass is 10.1. The number of rotatable bonds is 5. The summed E-state index contributed by atoms with van der Waals surface area (Å²) in [5.41, 5.74) is 3.10. The Morgan fingerprint density at radius 2 is 1.80 bits per heavy atom. The number of amides is 1. The molecule has 0 atom stereocenters. The van der Waals surface area contributed by atoms with Crippen molar-refractivity contribution in [2.24, 2.45) is 0 Å². The molecule has 0 radical (unpaired) electrons. The van der Waals surface area contributed by atoms with E-state index in [-0.39, 0.29) is 11.7 Å². The molecule has 7 heteroatoms. The second-order valence-electron chi connectivity index (χ2n) is 6.70. The number of anilines is 1. The van der Waals surface area contributed by atoms with Crippen molar-refractivity contribution in [3.05, 3.63) is 65.7 Å². The topological polar surface area (TPSA) is 80.7 Å². The Balaban J connectivity index is 1.68. The number of carbonyl (C=O) groups excluding carboxylic acids is 1. The molecule has 0 spiro atoms. The van der Waals surface area contributed by atoms with E-state index >= 15 is 0 Å². The van der Waals surface area contributed by atoms with E-state index in [1.54, 1.807) is 44.4 Å². The van der Waals surface area contributed by atoms with Crippen molar-refractivity contribution in [1.29, 1.82) is 0 Å². The van der Waals surface area contributed by atoms with Crippen molar-refractivity contribution in [3.8, 4) is 27.8 Å². The van der Waals surface area contributed by atoms with Gasteiger partial charge >= 0.3 is 0 Å². The van der Waals surface area contributed by atoms with Crippen LogP contribution in [0.25, 0.3) is 20.8 Å². The average Bonchev–Trinajstić information content (AvgIpc) is 3.19. The van der Waals surface area contributed by atoms with Gasteiger partial charge in [-0.15, -0.1) is 11.3 Å². The smallest absolute Gasteiger partial charge is 0.255 e. The van der Waals surface area contributed by atoms with Crippen LogP contribution in [0.2, 0.25) is 0 Å². The van der Waals surface area contributed by atoms with E-state index in [1.807, 2.05) is 24.3 Å². The molecule has 152 valence electrons. The van der Waals surface area contributed by atoms with E-state index in [0.29, 0.717) is 38.9 Å². The third-order valence-corrected chi connectivity index (χ3v) is 5.80. The van der Waals surface area contributed by atoms with Crippen molar-refractivity contribution in [1.82, 2.24) is 4.98 Å². The third kappa shape index (κ3) is 3.67. The molecule has 0 aliphatic heterocycles. The number of carbonyl (C=O) groups is 1. The molecule has 0 saturated carbocycles. The molecule has 1 heterocycles. The first-order chi connectivity index (χ1) is 14.5. The van der Waals surface area contributed by atoms with Crippen LogP contribution in [-0.2, 0) is 0 Å². The standard InChI is InChI=1S/C23H20N2O4S/c1-13-10-15(24-22(27)14-8-9-18(28-2)19(11-14)29-3)12-16(21(13)26)23-25-17-6-4-5-7-20(17)30-23/h4-12,26H,1-3H3,(H,24,27). The van der Waals surface area contributed by atoms with E-state index < -0.39 is 0 Å².